The van der Waals surface area contributed by atoms with E-state index in [1.165, 1.54) is 4.90 Å². The lowest BCUT2D eigenvalue weighted by Gasteiger charge is -2.43. The first kappa shape index (κ1) is 14.1. The molecule has 4 rings (SSSR count). The third-order valence-electron chi connectivity index (χ3n) is 4.94. The standard InChI is InChI=1S/C17H17N3O3/c21-15-12-5-1-2-6-13(12)16(22)20(15)11-9-19(10-11)17(23)14-7-3-4-8-18-14/h1-4,7-8,11-13H,5-6,9-10H2/t12-,13-/m0/s1. The highest BCUT2D eigenvalue weighted by molar-refractivity contribution is 6.06. The largest absolute Gasteiger partial charge is 0.333 e. The van der Waals surface area contributed by atoms with Crippen molar-refractivity contribution in [1.29, 1.82) is 0 Å². The minimum atomic E-state index is -0.201. The third-order valence-corrected chi connectivity index (χ3v) is 4.94. The van der Waals surface area contributed by atoms with Crippen LogP contribution >= 0.6 is 0 Å². The van der Waals surface area contributed by atoms with Crippen LogP contribution in [0.25, 0.3) is 0 Å². The topological polar surface area (TPSA) is 70.6 Å². The minimum Gasteiger partial charge on any atom is -0.333 e. The molecular weight excluding hydrogens is 294 g/mol. The van der Waals surface area contributed by atoms with Crippen molar-refractivity contribution in [1.82, 2.24) is 14.8 Å². The Morgan fingerprint density at radius 2 is 1.70 bits per heavy atom. The van der Waals surface area contributed by atoms with Gasteiger partial charge in [-0.05, 0) is 25.0 Å². The van der Waals surface area contributed by atoms with E-state index in [0.29, 0.717) is 31.6 Å². The van der Waals surface area contributed by atoms with Crippen molar-refractivity contribution in [2.45, 2.75) is 18.9 Å². The fourth-order valence-electron chi connectivity index (χ4n) is 3.62. The van der Waals surface area contributed by atoms with E-state index in [1.54, 1.807) is 29.3 Å². The van der Waals surface area contributed by atoms with Gasteiger partial charge in [0.1, 0.15) is 5.69 Å². The highest BCUT2D eigenvalue weighted by Gasteiger charge is 2.52. The number of rotatable bonds is 2. The van der Waals surface area contributed by atoms with Crippen molar-refractivity contribution in [3.05, 3.63) is 42.2 Å². The van der Waals surface area contributed by atoms with Gasteiger partial charge < -0.3 is 4.90 Å². The maximum absolute atomic E-state index is 12.5. The molecule has 0 aromatic carbocycles. The van der Waals surface area contributed by atoms with Crippen molar-refractivity contribution in [3.8, 4) is 0 Å². The van der Waals surface area contributed by atoms with Gasteiger partial charge in [0.2, 0.25) is 11.8 Å². The summed E-state index contributed by atoms with van der Waals surface area (Å²) in [5.41, 5.74) is 0.392. The van der Waals surface area contributed by atoms with Gasteiger partial charge in [-0.1, -0.05) is 18.2 Å². The molecule has 0 saturated carbocycles. The Balaban J connectivity index is 1.43. The van der Waals surface area contributed by atoms with Crippen molar-refractivity contribution in [2.75, 3.05) is 13.1 Å². The van der Waals surface area contributed by atoms with Crippen LogP contribution in [0.3, 0.4) is 0 Å². The number of pyridine rings is 1. The van der Waals surface area contributed by atoms with E-state index < -0.39 is 0 Å². The number of imide groups is 1. The van der Waals surface area contributed by atoms with E-state index in [4.69, 9.17) is 0 Å². The summed E-state index contributed by atoms with van der Waals surface area (Å²) in [6, 6.07) is 5.01. The molecule has 3 heterocycles. The van der Waals surface area contributed by atoms with Crippen LogP contribution in [-0.2, 0) is 9.59 Å². The molecule has 1 aromatic rings. The molecule has 1 aliphatic carbocycles. The fourth-order valence-corrected chi connectivity index (χ4v) is 3.62. The highest BCUT2D eigenvalue weighted by Crippen LogP contribution is 2.37. The molecule has 1 aromatic heterocycles. The van der Waals surface area contributed by atoms with Crippen LogP contribution in [0.15, 0.2) is 36.5 Å². The summed E-state index contributed by atoms with van der Waals surface area (Å²) < 4.78 is 0. The molecule has 3 aliphatic rings. The van der Waals surface area contributed by atoms with Crippen molar-refractivity contribution in [2.24, 2.45) is 11.8 Å². The zero-order chi connectivity index (χ0) is 16.0. The Morgan fingerprint density at radius 1 is 1.04 bits per heavy atom. The van der Waals surface area contributed by atoms with Gasteiger partial charge in [-0.25, -0.2) is 0 Å². The molecule has 2 aliphatic heterocycles. The molecule has 2 fully saturated rings. The first-order valence-electron chi connectivity index (χ1n) is 7.89. The lowest BCUT2D eigenvalue weighted by Crippen LogP contribution is -2.62. The Labute approximate surface area is 133 Å². The number of aromatic nitrogens is 1. The number of carbonyl (C=O) groups excluding carboxylic acids is 3. The molecule has 23 heavy (non-hydrogen) atoms. The molecular formula is C17H17N3O3. The SMILES string of the molecule is O=C(c1ccccn1)N1CC(N2C(=O)[C@H]3CC=CC[C@@H]3C2=O)C1. The van der Waals surface area contributed by atoms with Gasteiger partial charge in [0.05, 0.1) is 17.9 Å². The van der Waals surface area contributed by atoms with E-state index >= 15 is 0 Å². The summed E-state index contributed by atoms with van der Waals surface area (Å²) in [6.07, 6.45) is 6.83. The summed E-state index contributed by atoms with van der Waals surface area (Å²) in [7, 11) is 0. The summed E-state index contributed by atoms with van der Waals surface area (Å²) in [4.78, 5) is 44.3. The van der Waals surface area contributed by atoms with Crippen LogP contribution in [0.5, 0.6) is 0 Å². The van der Waals surface area contributed by atoms with Gasteiger partial charge >= 0.3 is 0 Å². The van der Waals surface area contributed by atoms with Gasteiger partial charge in [0.15, 0.2) is 0 Å². The molecule has 0 bridgehead atoms. The summed E-state index contributed by atoms with van der Waals surface area (Å²) in [5.74, 6) is -0.695. The van der Waals surface area contributed by atoms with Gasteiger partial charge in [-0.2, -0.15) is 0 Å². The number of likely N-dealkylation sites (tertiary alicyclic amines) is 2. The molecule has 2 atom stereocenters. The predicted octanol–water partition coefficient (Wildman–Crippen LogP) is 0.857. The molecule has 0 radical (unpaired) electrons. The maximum atomic E-state index is 12.5. The first-order chi connectivity index (χ1) is 11.2. The molecule has 0 unspecified atom stereocenters. The summed E-state index contributed by atoms with van der Waals surface area (Å²) >= 11 is 0. The van der Waals surface area contributed by atoms with Crippen molar-refractivity contribution in [3.63, 3.8) is 0 Å². The second-order valence-corrected chi connectivity index (χ2v) is 6.28. The van der Waals surface area contributed by atoms with Gasteiger partial charge in [-0.3, -0.25) is 24.3 Å². The number of hydrogen-bond acceptors (Lipinski definition) is 4. The fraction of sp³-hybridized carbons (Fsp3) is 0.412. The van der Waals surface area contributed by atoms with E-state index in [1.807, 2.05) is 12.2 Å². The molecule has 2 saturated heterocycles. The second-order valence-electron chi connectivity index (χ2n) is 6.28. The number of hydrogen-bond donors (Lipinski definition) is 0. The highest BCUT2D eigenvalue weighted by atomic mass is 16.2. The first-order valence-corrected chi connectivity index (χ1v) is 7.89. The van der Waals surface area contributed by atoms with E-state index in [2.05, 4.69) is 4.98 Å². The summed E-state index contributed by atoms with van der Waals surface area (Å²) in [5, 5.41) is 0. The normalized spacial score (nSPS) is 27.1. The molecule has 0 spiro atoms. The zero-order valence-electron chi connectivity index (χ0n) is 12.6. The monoisotopic (exact) mass is 311 g/mol. The number of nitrogens with zero attached hydrogens (tertiary/aromatic N) is 3. The molecule has 6 heteroatoms. The van der Waals surface area contributed by atoms with Crippen LogP contribution in [0.1, 0.15) is 23.3 Å². The van der Waals surface area contributed by atoms with E-state index in [9.17, 15) is 14.4 Å². The Kier molecular flexibility index (Phi) is 3.25. The molecule has 6 nitrogen and oxygen atoms in total. The van der Waals surface area contributed by atoms with Crippen molar-refractivity contribution < 1.29 is 14.4 Å². The average molecular weight is 311 g/mol. The number of fused-ring (bicyclic) bond motifs is 1. The van der Waals surface area contributed by atoms with Crippen LogP contribution in [0.2, 0.25) is 0 Å². The van der Waals surface area contributed by atoms with Crippen LogP contribution in [-0.4, -0.2) is 51.6 Å². The predicted molar refractivity (Wildman–Crippen MR) is 81.1 cm³/mol. The number of allylic oxidation sites excluding steroid dienone is 2. The Hall–Kier alpha value is -2.50. The minimum absolute atomic E-state index is 0.0701. The van der Waals surface area contributed by atoms with E-state index in [-0.39, 0.29) is 35.6 Å². The number of carbonyl (C=O) groups is 3. The summed E-state index contributed by atoms with van der Waals surface area (Å²) in [6.45, 7) is 0.805. The smallest absolute Gasteiger partial charge is 0.272 e. The maximum Gasteiger partial charge on any atom is 0.272 e. The molecule has 118 valence electrons. The lowest BCUT2D eigenvalue weighted by atomic mass is 9.85. The number of amides is 3. The quantitative estimate of drug-likeness (QED) is 0.600. The molecule has 3 amide bonds. The van der Waals surface area contributed by atoms with Gasteiger partial charge in [0.25, 0.3) is 5.91 Å². The zero-order valence-corrected chi connectivity index (χ0v) is 12.6. The lowest BCUT2D eigenvalue weighted by molar-refractivity contribution is -0.145. The van der Waals surface area contributed by atoms with Crippen molar-refractivity contribution >= 4 is 17.7 Å². The van der Waals surface area contributed by atoms with Gasteiger partial charge in [-0.15, -0.1) is 0 Å². The Morgan fingerprint density at radius 3 is 2.26 bits per heavy atom. The van der Waals surface area contributed by atoms with E-state index in [0.717, 1.165) is 0 Å². The van der Waals surface area contributed by atoms with Crippen LogP contribution in [0, 0.1) is 11.8 Å². The Bertz CT molecular complexity index is 668. The second kappa shape index (κ2) is 5.30. The third kappa shape index (κ3) is 2.17. The van der Waals surface area contributed by atoms with Crippen LogP contribution < -0.4 is 0 Å². The average Bonchev–Trinajstić information content (AvgIpc) is 2.80. The van der Waals surface area contributed by atoms with Gasteiger partial charge in [0, 0.05) is 19.3 Å². The molecule has 0 N–H and O–H groups in total. The van der Waals surface area contributed by atoms with Crippen LogP contribution in [0.4, 0.5) is 0 Å².